The van der Waals surface area contributed by atoms with Gasteiger partial charge in [-0.15, -0.1) is 0 Å². The van der Waals surface area contributed by atoms with Crippen LogP contribution in [0.15, 0.2) is 0 Å². The minimum absolute atomic E-state index is 0.502. The normalized spacial score (nSPS) is 18.2. The van der Waals surface area contributed by atoms with Crippen LogP contribution >= 0.6 is 23.3 Å². The van der Waals surface area contributed by atoms with Crippen LogP contribution in [0.4, 0.5) is 5.82 Å². The maximum atomic E-state index is 5.83. The van der Waals surface area contributed by atoms with Crippen LogP contribution in [0.25, 0.3) is 0 Å². The van der Waals surface area contributed by atoms with Crippen LogP contribution in [-0.4, -0.2) is 35.1 Å². The summed E-state index contributed by atoms with van der Waals surface area (Å²) < 4.78 is 13.2. The van der Waals surface area contributed by atoms with Crippen molar-refractivity contribution in [1.82, 2.24) is 8.75 Å². The number of morpholine rings is 1. The SMILES string of the molecule is Clc1nsnc1N1CCOCC1. The van der Waals surface area contributed by atoms with Crippen molar-refractivity contribution >= 4 is 29.1 Å². The van der Waals surface area contributed by atoms with Crippen molar-refractivity contribution in [3.8, 4) is 0 Å². The Morgan fingerprint density at radius 3 is 2.67 bits per heavy atom. The molecule has 1 saturated heterocycles. The number of hydrogen-bond donors (Lipinski definition) is 0. The highest BCUT2D eigenvalue weighted by molar-refractivity contribution is 6.99. The van der Waals surface area contributed by atoms with Crippen LogP contribution < -0.4 is 4.90 Å². The third kappa shape index (κ3) is 1.53. The molecule has 1 aliphatic rings. The lowest BCUT2D eigenvalue weighted by Crippen LogP contribution is -2.36. The van der Waals surface area contributed by atoms with E-state index >= 15 is 0 Å². The summed E-state index contributed by atoms with van der Waals surface area (Å²) in [6.45, 7) is 3.19. The predicted octanol–water partition coefficient (Wildman–Crippen LogP) is 1.03. The highest BCUT2D eigenvalue weighted by Gasteiger charge is 2.16. The summed E-state index contributed by atoms with van der Waals surface area (Å²) >= 11 is 6.97. The van der Waals surface area contributed by atoms with Gasteiger partial charge in [0.1, 0.15) is 0 Å². The third-order valence-electron chi connectivity index (χ3n) is 1.74. The van der Waals surface area contributed by atoms with Crippen molar-refractivity contribution in [3.63, 3.8) is 0 Å². The van der Waals surface area contributed by atoms with E-state index in [1.165, 1.54) is 0 Å². The molecule has 0 aromatic carbocycles. The van der Waals surface area contributed by atoms with Crippen molar-refractivity contribution in [1.29, 1.82) is 0 Å². The molecule has 1 aromatic rings. The van der Waals surface area contributed by atoms with E-state index in [9.17, 15) is 0 Å². The molecule has 0 bridgehead atoms. The number of rotatable bonds is 1. The lowest BCUT2D eigenvalue weighted by molar-refractivity contribution is 0.122. The summed E-state index contributed by atoms with van der Waals surface area (Å²) in [4.78, 5) is 2.09. The number of aromatic nitrogens is 2. The average molecular weight is 206 g/mol. The number of halogens is 1. The Labute approximate surface area is 79.4 Å². The van der Waals surface area contributed by atoms with Gasteiger partial charge in [-0.25, -0.2) is 0 Å². The Balaban J connectivity index is 2.13. The van der Waals surface area contributed by atoms with Gasteiger partial charge >= 0.3 is 0 Å². The molecule has 1 fully saturated rings. The predicted molar refractivity (Wildman–Crippen MR) is 48.0 cm³/mol. The summed E-state index contributed by atoms with van der Waals surface area (Å²) in [7, 11) is 0. The molecule has 4 nitrogen and oxygen atoms in total. The molecule has 0 unspecified atom stereocenters. The molecule has 0 N–H and O–H groups in total. The number of hydrogen-bond acceptors (Lipinski definition) is 5. The fraction of sp³-hybridized carbons (Fsp3) is 0.667. The fourth-order valence-electron chi connectivity index (χ4n) is 1.14. The lowest BCUT2D eigenvalue weighted by atomic mass is 10.4. The van der Waals surface area contributed by atoms with Crippen molar-refractivity contribution in [3.05, 3.63) is 5.15 Å². The van der Waals surface area contributed by atoms with Gasteiger partial charge < -0.3 is 9.64 Å². The molecule has 6 heteroatoms. The van der Waals surface area contributed by atoms with Crippen LogP contribution in [0.5, 0.6) is 0 Å². The van der Waals surface area contributed by atoms with E-state index in [0.717, 1.165) is 43.8 Å². The molecule has 0 radical (unpaired) electrons. The molecular formula is C6H8ClN3OS. The number of nitrogens with zero attached hydrogens (tertiary/aromatic N) is 3. The third-order valence-corrected chi connectivity index (χ3v) is 2.62. The summed E-state index contributed by atoms with van der Waals surface area (Å²) in [5.41, 5.74) is 0. The van der Waals surface area contributed by atoms with Crippen molar-refractivity contribution in [2.45, 2.75) is 0 Å². The first-order valence-electron chi connectivity index (χ1n) is 3.68. The minimum Gasteiger partial charge on any atom is -0.378 e. The van der Waals surface area contributed by atoms with Crippen LogP contribution in [0, 0.1) is 0 Å². The summed E-state index contributed by atoms with van der Waals surface area (Å²) in [6, 6.07) is 0. The van der Waals surface area contributed by atoms with Crippen LogP contribution in [-0.2, 0) is 4.74 Å². The molecule has 0 aliphatic carbocycles. The van der Waals surface area contributed by atoms with E-state index < -0.39 is 0 Å². The first kappa shape index (κ1) is 8.22. The Kier molecular flexibility index (Phi) is 2.43. The van der Waals surface area contributed by atoms with Crippen LogP contribution in [0.2, 0.25) is 5.15 Å². The van der Waals surface area contributed by atoms with E-state index in [0.29, 0.717) is 5.15 Å². The maximum absolute atomic E-state index is 5.83. The Hall–Kier alpha value is -0.390. The van der Waals surface area contributed by atoms with Gasteiger partial charge in [-0.1, -0.05) is 11.6 Å². The highest BCUT2D eigenvalue weighted by Crippen LogP contribution is 2.23. The van der Waals surface area contributed by atoms with Gasteiger partial charge in [0.05, 0.1) is 24.9 Å². The topological polar surface area (TPSA) is 38.2 Å². The standard InChI is InChI=1S/C6H8ClN3OS/c7-5-6(9-12-8-5)10-1-3-11-4-2-10/h1-4H2. The largest absolute Gasteiger partial charge is 0.378 e. The molecular weight excluding hydrogens is 198 g/mol. The minimum atomic E-state index is 0.502. The fourth-order valence-corrected chi connectivity index (χ4v) is 1.91. The monoisotopic (exact) mass is 205 g/mol. The second-order valence-electron chi connectivity index (χ2n) is 2.48. The zero-order valence-corrected chi connectivity index (χ0v) is 7.94. The van der Waals surface area contributed by atoms with Crippen molar-refractivity contribution in [2.75, 3.05) is 31.2 Å². The zero-order chi connectivity index (χ0) is 8.39. The smallest absolute Gasteiger partial charge is 0.187 e. The maximum Gasteiger partial charge on any atom is 0.187 e. The molecule has 2 heterocycles. The quantitative estimate of drug-likeness (QED) is 0.687. The van der Waals surface area contributed by atoms with Gasteiger partial charge in [0.2, 0.25) is 0 Å². The van der Waals surface area contributed by atoms with E-state index in [1.54, 1.807) is 0 Å². The first-order valence-corrected chi connectivity index (χ1v) is 4.79. The van der Waals surface area contributed by atoms with Gasteiger partial charge in [-0.3, -0.25) is 0 Å². The second-order valence-corrected chi connectivity index (χ2v) is 3.36. The Morgan fingerprint density at radius 1 is 1.33 bits per heavy atom. The van der Waals surface area contributed by atoms with Gasteiger partial charge in [0, 0.05) is 13.1 Å². The summed E-state index contributed by atoms with van der Waals surface area (Å²) in [5, 5.41) is 0.502. The van der Waals surface area contributed by atoms with Gasteiger partial charge in [-0.05, 0) is 0 Å². The highest BCUT2D eigenvalue weighted by atomic mass is 35.5. The van der Waals surface area contributed by atoms with Crippen LogP contribution in [0.1, 0.15) is 0 Å². The van der Waals surface area contributed by atoms with Gasteiger partial charge in [-0.2, -0.15) is 8.75 Å². The summed E-state index contributed by atoms with van der Waals surface area (Å²) in [5.74, 6) is 0.796. The molecule has 0 spiro atoms. The van der Waals surface area contributed by atoms with Crippen LogP contribution in [0.3, 0.4) is 0 Å². The summed E-state index contributed by atoms with van der Waals surface area (Å²) in [6.07, 6.45) is 0. The molecule has 0 saturated carbocycles. The average Bonchev–Trinajstić information content (AvgIpc) is 2.53. The molecule has 12 heavy (non-hydrogen) atoms. The first-order chi connectivity index (χ1) is 5.88. The molecule has 1 aliphatic heterocycles. The van der Waals surface area contributed by atoms with E-state index in [-0.39, 0.29) is 0 Å². The molecule has 66 valence electrons. The van der Waals surface area contributed by atoms with E-state index in [2.05, 4.69) is 13.6 Å². The van der Waals surface area contributed by atoms with E-state index in [1.807, 2.05) is 0 Å². The Morgan fingerprint density at radius 2 is 2.08 bits per heavy atom. The molecule has 0 atom stereocenters. The number of anilines is 1. The van der Waals surface area contributed by atoms with Gasteiger partial charge in [0.15, 0.2) is 11.0 Å². The molecule has 0 amide bonds. The second kappa shape index (κ2) is 3.55. The Bertz CT molecular complexity index is 261. The van der Waals surface area contributed by atoms with Gasteiger partial charge in [0.25, 0.3) is 0 Å². The number of ether oxygens (including phenoxy) is 1. The van der Waals surface area contributed by atoms with E-state index in [4.69, 9.17) is 16.3 Å². The molecule has 1 aromatic heterocycles. The lowest BCUT2D eigenvalue weighted by Gasteiger charge is -2.26. The molecule has 2 rings (SSSR count). The van der Waals surface area contributed by atoms with Crippen molar-refractivity contribution < 1.29 is 4.74 Å². The zero-order valence-electron chi connectivity index (χ0n) is 6.36. The van der Waals surface area contributed by atoms with Crippen molar-refractivity contribution in [2.24, 2.45) is 0 Å².